The second-order valence-corrected chi connectivity index (χ2v) is 14.7. The lowest BCUT2D eigenvalue weighted by Gasteiger charge is -2.21. The number of rotatable bonds is 4. The lowest BCUT2D eigenvalue weighted by molar-refractivity contribution is 1.61. The zero-order valence-electron chi connectivity index (χ0n) is 29.5. The molecule has 0 spiro atoms. The van der Waals surface area contributed by atoms with Crippen LogP contribution in [0.4, 0.5) is 0 Å². The summed E-state index contributed by atoms with van der Waals surface area (Å²) in [6, 6.07) is 72.2. The van der Waals surface area contributed by atoms with E-state index in [2.05, 4.69) is 194 Å². The van der Waals surface area contributed by atoms with Crippen molar-refractivity contribution in [2.45, 2.75) is 0 Å². The van der Waals surface area contributed by atoms with E-state index < -0.39 is 0 Å². The molecule has 0 nitrogen and oxygen atoms in total. The van der Waals surface area contributed by atoms with Gasteiger partial charge in [0.15, 0.2) is 0 Å². The van der Waals surface area contributed by atoms with E-state index in [0.29, 0.717) is 0 Å². The number of hydrogen-bond acceptors (Lipinski definition) is 0. The SMILES string of the molecule is c1ccc(-c2cc3c4c(ccc(-c5ccc6c(-c7ccccc7)c7c(c(-c8ccccc8)c6c5)-c5cccc6cccc-7c56)c4c2)-c2ccccc2-3)cc1. The van der Waals surface area contributed by atoms with E-state index in [9.17, 15) is 0 Å². The molecule has 0 unspecified atom stereocenters. The first kappa shape index (κ1) is 29.5. The van der Waals surface area contributed by atoms with Crippen LogP contribution in [0.1, 0.15) is 0 Å². The van der Waals surface area contributed by atoms with Crippen molar-refractivity contribution in [1.82, 2.24) is 0 Å². The molecule has 0 radical (unpaired) electrons. The Morgan fingerprint density at radius 3 is 1.37 bits per heavy atom. The molecule has 248 valence electrons. The van der Waals surface area contributed by atoms with Gasteiger partial charge < -0.3 is 0 Å². The highest BCUT2D eigenvalue weighted by Gasteiger charge is 2.31. The van der Waals surface area contributed by atoms with Crippen LogP contribution in [0.3, 0.4) is 0 Å². The third-order valence-corrected chi connectivity index (χ3v) is 11.9. The van der Waals surface area contributed by atoms with Crippen molar-refractivity contribution in [3.63, 3.8) is 0 Å². The van der Waals surface area contributed by atoms with Crippen LogP contribution >= 0.6 is 0 Å². The molecule has 0 fully saturated rings. The Morgan fingerprint density at radius 1 is 0.204 bits per heavy atom. The van der Waals surface area contributed by atoms with Gasteiger partial charge >= 0.3 is 0 Å². The Labute approximate surface area is 314 Å². The fourth-order valence-corrected chi connectivity index (χ4v) is 9.68. The molecule has 0 atom stereocenters. The standard InChI is InChI=1S/C54H32/c1-4-14-33(15-5-1)38-31-46-39(28-29-42-40-22-10-11-23-41(40)47(32-38)52(42)46)37-26-27-43-48(30-37)51(36-18-8-3-9-19-36)54-45-25-13-21-34-20-12-24-44(49(34)45)53(54)50(43)35-16-6-2-7-17-35/h1-32H. The molecule has 0 saturated heterocycles. The first-order valence-electron chi connectivity index (χ1n) is 18.9. The number of fused-ring (bicyclic) bond motifs is 7. The summed E-state index contributed by atoms with van der Waals surface area (Å²) in [5, 5.41) is 7.82. The van der Waals surface area contributed by atoms with Crippen molar-refractivity contribution in [3.05, 3.63) is 194 Å². The predicted molar refractivity (Wildman–Crippen MR) is 230 cm³/mol. The van der Waals surface area contributed by atoms with E-state index in [-0.39, 0.29) is 0 Å². The van der Waals surface area contributed by atoms with Crippen LogP contribution in [0.5, 0.6) is 0 Å². The summed E-state index contributed by atoms with van der Waals surface area (Å²) < 4.78 is 0. The highest BCUT2D eigenvalue weighted by atomic mass is 14.3. The summed E-state index contributed by atoms with van der Waals surface area (Å²) in [7, 11) is 0. The van der Waals surface area contributed by atoms with Crippen LogP contribution in [0.2, 0.25) is 0 Å². The smallest absolute Gasteiger partial charge is 0.000741 e. The van der Waals surface area contributed by atoms with Crippen molar-refractivity contribution in [2.75, 3.05) is 0 Å². The van der Waals surface area contributed by atoms with Gasteiger partial charge in [-0.2, -0.15) is 0 Å². The Bertz CT molecular complexity index is 3170. The summed E-state index contributed by atoms with van der Waals surface area (Å²) in [5.74, 6) is 0. The Kier molecular flexibility index (Phi) is 6.15. The average Bonchev–Trinajstić information content (AvgIpc) is 3.75. The van der Waals surface area contributed by atoms with Crippen LogP contribution in [0.25, 0.3) is 121 Å². The lowest BCUT2D eigenvalue weighted by atomic mass is 9.81. The summed E-state index contributed by atoms with van der Waals surface area (Å²) in [4.78, 5) is 0. The van der Waals surface area contributed by atoms with Gasteiger partial charge in [0, 0.05) is 0 Å². The molecule has 0 N–H and O–H groups in total. The van der Waals surface area contributed by atoms with E-state index in [1.807, 2.05) is 0 Å². The molecule has 0 saturated carbocycles. The fraction of sp³-hybridized carbons (Fsp3) is 0. The van der Waals surface area contributed by atoms with Gasteiger partial charge in [0.2, 0.25) is 0 Å². The van der Waals surface area contributed by atoms with Crippen molar-refractivity contribution in [3.8, 4) is 89.0 Å². The lowest BCUT2D eigenvalue weighted by Crippen LogP contribution is -1.94. The van der Waals surface area contributed by atoms with Gasteiger partial charge in [0.1, 0.15) is 0 Å². The molecular weight excluding hydrogens is 649 g/mol. The summed E-state index contributed by atoms with van der Waals surface area (Å²) in [6.07, 6.45) is 0. The van der Waals surface area contributed by atoms with Gasteiger partial charge in [-0.15, -0.1) is 0 Å². The zero-order chi connectivity index (χ0) is 35.3. The van der Waals surface area contributed by atoms with Gasteiger partial charge in [-0.05, 0) is 140 Å². The normalized spacial score (nSPS) is 12.1. The molecule has 10 aromatic rings. The van der Waals surface area contributed by atoms with E-state index >= 15 is 0 Å². The number of hydrogen-bond donors (Lipinski definition) is 0. The summed E-state index contributed by atoms with van der Waals surface area (Å²) in [5.41, 5.74) is 20.6. The molecule has 0 heteroatoms. The molecule has 0 aromatic heterocycles. The van der Waals surface area contributed by atoms with Crippen LogP contribution in [-0.2, 0) is 0 Å². The maximum Gasteiger partial charge on any atom is -0.000741 e. The van der Waals surface area contributed by atoms with Crippen molar-refractivity contribution >= 4 is 32.3 Å². The van der Waals surface area contributed by atoms with E-state index in [0.717, 1.165) is 0 Å². The zero-order valence-corrected chi connectivity index (χ0v) is 29.5. The molecule has 0 aliphatic heterocycles. The molecule has 12 rings (SSSR count). The molecule has 2 aliphatic carbocycles. The Balaban J connectivity index is 1.22. The largest absolute Gasteiger partial charge is 0.0622 e. The van der Waals surface area contributed by atoms with Crippen molar-refractivity contribution in [1.29, 1.82) is 0 Å². The maximum atomic E-state index is 2.49. The minimum atomic E-state index is 1.23. The molecule has 54 heavy (non-hydrogen) atoms. The fourth-order valence-electron chi connectivity index (χ4n) is 9.68. The van der Waals surface area contributed by atoms with Crippen LogP contribution in [0.15, 0.2) is 194 Å². The van der Waals surface area contributed by atoms with E-state index in [1.54, 1.807) is 0 Å². The van der Waals surface area contributed by atoms with E-state index in [1.165, 1.54) is 121 Å². The van der Waals surface area contributed by atoms with Crippen LogP contribution < -0.4 is 0 Å². The average molecular weight is 681 g/mol. The van der Waals surface area contributed by atoms with Gasteiger partial charge in [-0.3, -0.25) is 0 Å². The summed E-state index contributed by atoms with van der Waals surface area (Å²) >= 11 is 0. The molecular formula is C54H32. The topological polar surface area (TPSA) is 0 Å². The molecule has 0 amide bonds. The third kappa shape index (κ3) is 4.08. The minimum Gasteiger partial charge on any atom is -0.0622 e. The predicted octanol–water partition coefficient (Wildman–Crippen LogP) is 15.1. The molecule has 0 heterocycles. The first-order chi connectivity index (χ1) is 26.8. The van der Waals surface area contributed by atoms with Gasteiger partial charge in [-0.25, -0.2) is 0 Å². The quantitative estimate of drug-likeness (QED) is 0.174. The second kappa shape index (κ2) is 11.2. The molecule has 2 aliphatic rings. The third-order valence-electron chi connectivity index (χ3n) is 11.9. The van der Waals surface area contributed by atoms with Crippen LogP contribution in [-0.4, -0.2) is 0 Å². The van der Waals surface area contributed by atoms with Gasteiger partial charge in [0.25, 0.3) is 0 Å². The minimum absolute atomic E-state index is 1.23. The highest BCUT2D eigenvalue weighted by molar-refractivity contribution is 6.28. The first-order valence-corrected chi connectivity index (χ1v) is 18.9. The summed E-state index contributed by atoms with van der Waals surface area (Å²) in [6.45, 7) is 0. The molecule has 0 bridgehead atoms. The van der Waals surface area contributed by atoms with Crippen molar-refractivity contribution in [2.24, 2.45) is 0 Å². The van der Waals surface area contributed by atoms with Gasteiger partial charge in [-0.1, -0.05) is 176 Å². The van der Waals surface area contributed by atoms with Gasteiger partial charge in [0.05, 0.1) is 0 Å². The highest BCUT2D eigenvalue weighted by Crippen LogP contribution is 2.58. The van der Waals surface area contributed by atoms with E-state index in [4.69, 9.17) is 0 Å². The Morgan fingerprint density at radius 2 is 0.722 bits per heavy atom. The monoisotopic (exact) mass is 680 g/mol. The maximum absolute atomic E-state index is 2.49. The Hall–Kier alpha value is -7.02. The number of benzene rings is 10. The second-order valence-electron chi connectivity index (χ2n) is 14.7. The molecule has 10 aromatic carbocycles. The van der Waals surface area contributed by atoms with Crippen LogP contribution in [0, 0.1) is 0 Å². The van der Waals surface area contributed by atoms with Crippen molar-refractivity contribution < 1.29 is 0 Å².